The van der Waals surface area contributed by atoms with Crippen LogP contribution >= 0.6 is 34.8 Å². The lowest BCUT2D eigenvalue weighted by Gasteiger charge is -2.14. The number of aliphatic hydroxyl groups excluding tert-OH is 1. The van der Waals surface area contributed by atoms with Gasteiger partial charge in [0.25, 0.3) is 0 Å². The number of hydrogen-bond acceptors (Lipinski definition) is 3. The molecule has 2 aromatic carbocycles. The highest BCUT2D eigenvalue weighted by molar-refractivity contribution is 6.42. The molecule has 4 nitrogen and oxygen atoms in total. The topological polar surface area (TPSA) is 58.6 Å². The minimum atomic E-state index is -0.855. The molecule has 1 amide bonds. The Bertz CT molecular complexity index is 799. The van der Waals surface area contributed by atoms with Gasteiger partial charge >= 0.3 is 0 Å². The quantitative estimate of drug-likeness (QED) is 0.710. The standard InChI is InChI=1S/C19H18Cl3NO3/c20-15-5-2-1-4-12(15)13-8-14(13)19(25)23-9-11(24)10-26-17-7-3-6-16(21)18(17)22/h1-7,11,13-14,24H,8-10H2,(H,23,25). The van der Waals surface area contributed by atoms with Crippen LogP contribution in [0.4, 0.5) is 0 Å². The molecule has 2 aromatic rings. The van der Waals surface area contributed by atoms with Gasteiger partial charge in [-0.1, -0.05) is 59.1 Å². The summed E-state index contributed by atoms with van der Waals surface area (Å²) in [5.41, 5.74) is 0.994. The Morgan fingerprint density at radius 1 is 1.15 bits per heavy atom. The average Bonchev–Trinajstić information content (AvgIpc) is 3.42. The number of ether oxygens (including phenoxy) is 1. The summed E-state index contributed by atoms with van der Waals surface area (Å²) < 4.78 is 5.46. The molecule has 3 rings (SSSR count). The van der Waals surface area contributed by atoms with E-state index in [1.807, 2.05) is 24.3 Å². The molecule has 0 saturated heterocycles. The molecule has 1 aliphatic carbocycles. The van der Waals surface area contributed by atoms with E-state index in [4.69, 9.17) is 39.5 Å². The second-order valence-electron chi connectivity index (χ2n) is 6.23. The molecule has 3 atom stereocenters. The summed E-state index contributed by atoms with van der Waals surface area (Å²) in [7, 11) is 0. The van der Waals surface area contributed by atoms with Crippen LogP contribution in [0.5, 0.6) is 5.75 Å². The van der Waals surface area contributed by atoms with Crippen molar-refractivity contribution >= 4 is 40.7 Å². The third-order valence-corrected chi connectivity index (χ3v) is 5.44. The molecule has 0 heterocycles. The first-order valence-corrected chi connectivity index (χ1v) is 9.37. The number of nitrogens with one attached hydrogen (secondary N) is 1. The Morgan fingerprint density at radius 2 is 1.88 bits per heavy atom. The van der Waals surface area contributed by atoms with Crippen LogP contribution in [0.2, 0.25) is 15.1 Å². The van der Waals surface area contributed by atoms with E-state index in [2.05, 4.69) is 5.32 Å². The number of hydrogen-bond donors (Lipinski definition) is 2. The molecule has 1 aliphatic rings. The van der Waals surface area contributed by atoms with E-state index < -0.39 is 6.10 Å². The van der Waals surface area contributed by atoms with Crippen molar-refractivity contribution in [3.05, 3.63) is 63.1 Å². The van der Waals surface area contributed by atoms with Gasteiger partial charge in [-0.15, -0.1) is 0 Å². The van der Waals surface area contributed by atoms with Crippen molar-refractivity contribution in [2.45, 2.75) is 18.4 Å². The molecule has 0 aliphatic heterocycles. The molecule has 0 radical (unpaired) electrons. The van der Waals surface area contributed by atoms with Crippen molar-refractivity contribution in [1.29, 1.82) is 0 Å². The van der Waals surface area contributed by atoms with E-state index in [0.717, 1.165) is 12.0 Å². The SMILES string of the molecule is O=C(NCC(O)COc1cccc(Cl)c1Cl)C1CC1c1ccccc1Cl. The minimum Gasteiger partial charge on any atom is -0.489 e. The zero-order valence-electron chi connectivity index (χ0n) is 13.8. The summed E-state index contributed by atoms with van der Waals surface area (Å²) in [4.78, 5) is 12.2. The predicted octanol–water partition coefficient (Wildman–Crippen LogP) is 4.31. The summed E-state index contributed by atoms with van der Waals surface area (Å²) in [6.07, 6.45) is -0.0909. The zero-order valence-corrected chi connectivity index (χ0v) is 16.1. The molecule has 7 heteroatoms. The van der Waals surface area contributed by atoms with Gasteiger partial charge in [0.2, 0.25) is 5.91 Å². The van der Waals surface area contributed by atoms with Gasteiger partial charge in [0, 0.05) is 17.5 Å². The van der Waals surface area contributed by atoms with Gasteiger partial charge in [-0.05, 0) is 36.1 Å². The smallest absolute Gasteiger partial charge is 0.223 e. The highest BCUT2D eigenvalue weighted by Gasteiger charge is 2.44. The molecule has 0 aromatic heterocycles. The number of halogens is 3. The zero-order chi connectivity index (χ0) is 18.7. The fourth-order valence-corrected chi connectivity index (χ4v) is 3.42. The number of carbonyl (C=O) groups is 1. The minimum absolute atomic E-state index is 0.00104. The van der Waals surface area contributed by atoms with Crippen molar-refractivity contribution < 1.29 is 14.6 Å². The first-order valence-electron chi connectivity index (χ1n) is 8.24. The maximum atomic E-state index is 12.2. The Balaban J connectivity index is 1.44. The second-order valence-corrected chi connectivity index (χ2v) is 7.42. The molecular weight excluding hydrogens is 397 g/mol. The van der Waals surface area contributed by atoms with Crippen molar-refractivity contribution in [3.63, 3.8) is 0 Å². The van der Waals surface area contributed by atoms with Crippen LogP contribution in [0, 0.1) is 5.92 Å². The van der Waals surface area contributed by atoms with Gasteiger partial charge in [-0.25, -0.2) is 0 Å². The van der Waals surface area contributed by atoms with Crippen molar-refractivity contribution in [1.82, 2.24) is 5.32 Å². The summed E-state index contributed by atoms with van der Waals surface area (Å²) in [5.74, 6) is 0.341. The summed E-state index contributed by atoms with van der Waals surface area (Å²) in [6, 6.07) is 12.6. The molecule has 2 N–H and O–H groups in total. The molecule has 138 valence electrons. The first-order chi connectivity index (χ1) is 12.5. The van der Waals surface area contributed by atoms with Crippen LogP contribution in [-0.4, -0.2) is 30.3 Å². The fourth-order valence-electron chi connectivity index (χ4n) is 2.79. The van der Waals surface area contributed by atoms with Crippen LogP contribution in [-0.2, 0) is 4.79 Å². The molecule has 0 spiro atoms. The lowest BCUT2D eigenvalue weighted by Crippen LogP contribution is -2.36. The lowest BCUT2D eigenvalue weighted by atomic mass is 10.1. The van der Waals surface area contributed by atoms with E-state index in [-0.39, 0.29) is 30.9 Å². The third-order valence-electron chi connectivity index (χ3n) is 4.29. The maximum absolute atomic E-state index is 12.2. The molecule has 1 saturated carbocycles. The fraction of sp³-hybridized carbons (Fsp3) is 0.316. The van der Waals surface area contributed by atoms with Crippen molar-refractivity contribution in [2.75, 3.05) is 13.2 Å². The van der Waals surface area contributed by atoms with Gasteiger partial charge in [0.1, 0.15) is 23.5 Å². The molecular formula is C19H18Cl3NO3. The highest BCUT2D eigenvalue weighted by Crippen LogP contribution is 2.49. The normalized spacial score (nSPS) is 19.7. The van der Waals surface area contributed by atoms with Crippen molar-refractivity contribution in [3.8, 4) is 5.75 Å². The highest BCUT2D eigenvalue weighted by atomic mass is 35.5. The Hall–Kier alpha value is -1.46. The van der Waals surface area contributed by atoms with E-state index in [1.165, 1.54) is 0 Å². The monoisotopic (exact) mass is 413 g/mol. The lowest BCUT2D eigenvalue weighted by molar-refractivity contribution is -0.122. The predicted molar refractivity (Wildman–Crippen MR) is 103 cm³/mol. The van der Waals surface area contributed by atoms with Gasteiger partial charge in [0.15, 0.2) is 0 Å². The largest absolute Gasteiger partial charge is 0.489 e. The van der Waals surface area contributed by atoms with Crippen LogP contribution in [0.1, 0.15) is 17.9 Å². The summed E-state index contributed by atoms with van der Waals surface area (Å²) >= 11 is 18.1. The Kier molecular flexibility index (Phi) is 6.30. The Labute approximate surface area is 167 Å². The number of rotatable bonds is 7. The van der Waals surface area contributed by atoms with Gasteiger partial charge < -0.3 is 15.2 Å². The summed E-state index contributed by atoms with van der Waals surface area (Å²) in [6.45, 7) is 0.0989. The molecule has 26 heavy (non-hydrogen) atoms. The van der Waals surface area contributed by atoms with Crippen LogP contribution in [0.3, 0.4) is 0 Å². The van der Waals surface area contributed by atoms with E-state index in [1.54, 1.807) is 18.2 Å². The average molecular weight is 415 g/mol. The Morgan fingerprint density at radius 3 is 2.65 bits per heavy atom. The van der Waals surface area contributed by atoms with Crippen LogP contribution in [0.15, 0.2) is 42.5 Å². The third kappa shape index (κ3) is 4.63. The van der Waals surface area contributed by atoms with Gasteiger partial charge in [-0.2, -0.15) is 0 Å². The van der Waals surface area contributed by atoms with E-state index >= 15 is 0 Å². The van der Waals surface area contributed by atoms with Gasteiger partial charge in [-0.3, -0.25) is 4.79 Å². The summed E-state index contributed by atoms with van der Waals surface area (Å²) in [5, 5.41) is 14.1. The van der Waals surface area contributed by atoms with Crippen LogP contribution < -0.4 is 10.1 Å². The first kappa shape index (κ1) is 19.3. The van der Waals surface area contributed by atoms with E-state index in [0.29, 0.717) is 20.8 Å². The molecule has 3 unspecified atom stereocenters. The molecule has 1 fully saturated rings. The maximum Gasteiger partial charge on any atom is 0.223 e. The number of benzene rings is 2. The van der Waals surface area contributed by atoms with Gasteiger partial charge in [0.05, 0.1) is 5.02 Å². The number of amides is 1. The number of aliphatic hydroxyl groups is 1. The molecule has 0 bridgehead atoms. The number of carbonyl (C=O) groups excluding carboxylic acids is 1. The van der Waals surface area contributed by atoms with Crippen molar-refractivity contribution in [2.24, 2.45) is 5.92 Å². The van der Waals surface area contributed by atoms with E-state index in [9.17, 15) is 9.90 Å². The van der Waals surface area contributed by atoms with Crippen LogP contribution in [0.25, 0.3) is 0 Å². The second kappa shape index (κ2) is 8.49.